The number of aromatic nitrogens is 4. The maximum Gasteiger partial charge on any atom is 0.530 e. The summed E-state index contributed by atoms with van der Waals surface area (Å²) in [6.45, 7) is 0. The number of fused-ring (bicyclic) bond motifs is 2. The summed E-state index contributed by atoms with van der Waals surface area (Å²) >= 11 is 0. The van der Waals surface area contributed by atoms with Gasteiger partial charge in [0, 0.05) is 24.8 Å². The van der Waals surface area contributed by atoms with Crippen LogP contribution in [-0.2, 0) is 0 Å². The zero-order valence-electron chi connectivity index (χ0n) is 24.4. The monoisotopic (exact) mass is 662 g/mol. The van der Waals surface area contributed by atoms with Crippen molar-refractivity contribution in [3.05, 3.63) is 141 Å². The van der Waals surface area contributed by atoms with Crippen molar-refractivity contribution in [3.63, 3.8) is 0 Å². The molecule has 11 nitrogen and oxygen atoms in total. The van der Waals surface area contributed by atoms with Crippen molar-refractivity contribution >= 4 is 38.7 Å². The van der Waals surface area contributed by atoms with Gasteiger partial charge in [0.2, 0.25) is 0 Å². The fourth-order valence-corrected chi connectivity index (χ4v) is 6.48. The molecule has 0 saturated carbocycles. The van der Waals surface area contributed by atoms with Crippen LogP contribution in [0.25, 0.3) is 21.5 Å². The number of hydrogen-bond acceptors (Lipinski definition) is 11. The van der Waals surface area contributed by atoms with E-state index in [1.54, 1.807) is 110 Å². The molecule has 0 atom stereocenters. The highest BCUT2D eigenvalue weighted by Gasteiger charge is 2.26. The van der Waals surface area contributed by atoms with Crippen molar-refractivity contribution in [1.82, 2.24) is 19.9 Å². The number of pyridine rings is 4. The van der Waals surface area contributed by atoms with Gasteiger partial charge in [0.05, 0.1) is 35.6 Å². The topological polar surface area (TPSA) is 127 Å². The predicted molar refractivity (Wildman–Crippen MR) is 178 cm³/mol. The van der Waals surface area contributed by atoms with Gasteiger partial charge in [0.15, 0.2) is 0 Å². The lowest BCUT2D eigenvalue weighted by atomic mass is 10.0. The van der Waals surface area contributed by atoms with Crippen LogP contribution >= 0.6 is 17.2 Å². The van der Waals surface area contributed by atoms with Gasteiger partial charge < -0.3 is 32.2 Å². The van der Waals surface area contributed by atoms with Crippen molar-refractivity contribution in [2.24, 2.45) is 0 Å². The van der Waals surface area contributed by atoms with E-state index in [0.29, 0.717) is 45.3 Å². The first kappa shape index (κ1) is 29.9. The minimum Gasteiger partial charge on any atom is -0.506 e. The number of hydrogen-bond donors (Lipinski definition) is 1. The van der Waals surface area contributed by atoms with Gasteiger partial charge in [0.1, 0.15) is 40.2 Å². The van der Waals surface area contributed by atoms with Crippen LogP contribution in [0.15, 0.2) is 141 Å². The molecule has 0 amide bonds. The Balaban J connectivity index is 1.26. The van der Waals surface area contributed by atoms with E-state index in [0.717, 1.165) is 10.8 Å². The fraction of sp³-hybridized carbons (Fsp3) is 0. The van der Waals surface area contributed by atoms with Crippen molar-refractivity contribution in [2.45, 2.75) is 0 Å². The highest BCUT2D eigenvalue weighted by atomic mass is 31.2. The Morgan fingerprint density at radius 3 is 1.11 bits per heavy atom. The Labute approximate surface area is 271 Å². The first-order valence-electron chi connectivity index (χ1n) is 14.2. The summed E-state index contributed by atoms with van der Waals surface area (Å²) in [5.74, 6) is 2.38. The van der Waals surface area contributed by atoms with E-state index in [1.807, 2.05) is 30.3 Å². The van der Waals surface area contributed by atoms with Gasteiger partial charge in [-0.3, -0.25) is 19.9 Å². The minimum absolute atomic E-state index is 0.0703. The van der Waals surface area contributed by atoms with E-state index in [4.69, 9.17) is 27.1 Å². The largest absolute Gasteiger partial charge is 0.530 e. The van der Waals surface area contributed by atoms with Gasteiger partial charge in [-0.25, -0.2) is 0 Å². The molecular weight excluding hydrogens is 638 g/mol. The summed E-state index contributed by atoms with van der Waals surface area (Å²) in [7, 11) is -4.14. The molecule has 47 heavy (non-hydrogen) atoms. The third kappa shape index (κ3) is 7.23. The second-order valence-electron chi connectivity index (χ2n) is 9.68. The molecular formula is C34H24N4O7P2. The second-order valence-corrected chi connectivity index (χ2v) is 11.7. The van der Waals surface area contributed by atoms with E-state index >= 15 is 0 Å². The van der Waals surface area contributed by atoms with Crippen molar-refractivity contribution < 1.29 is 32.2 Å². The highest BCUT2D eigenvalue weighted by molar-refractivity contribution is 7.43. The quantitative estimate of drug-likeness (QED) is 0.0996. The van der Waals surface area contributed by atoms with E-state index in [2.05, 4.69) is 19.9 Å². The standard InChI is InChI=1S/C34H24N4O7P2/c39-34-32-24(7-1-13-30(32)44-46(40-26-9-3-15-35-20-26)41-27-10-4-16-36-21-27)19-25-8-2-14-31(33(25)34)45-47(42-28-11-5-17-37-22-28)43-29-12-6-18-38-23-29/h1-23,39H. The molecule has 0 fully saturated rings. The number of phenolic OH excluding ortho intramolecular Hbond substituents is 1. The zero-order valence-corrected chi connectivity index (χ0v) is 26.1. The normalized spacial score (nSPS) is 11.0. The van der Waals surface area contributed by atoms with E-state index in [1.165, 1.54) is 0 Å². The Kier molecular flexibility index (Phi) is 8.99. The molecule has 232 valence electrons. The molecule has 0 aliphatic carbocycles. The lowest BCUT2D eigenvalue weighted by Crippen LogP contribution is -2.03. The summed E-state index contributed by atoms with van der Waals surface area (Å²) in [4.78, 5) is 16.5. The van der Waals surface area contributed by atoms with Crippen LogP contribution in [-0.4, -0.2) is 25.0 Å². The number of rotatable bonds is 12. The van der Waals surface area contributed by atoms with Gasteiger partial charge in [-0.1, -0.05) is 24.3 Å². The number of nitrogens with zero attached hydrogens (tertiary/aromatic N) is 4. The zero-order chi connectivity index (χ0) is 31.8. The van der Waals surface area contributed by atoms with Crippen LogP contribution in [0.3, 0.4) is 0 Å². The summed E-state index contributed by atoms with van der Waals surface area (Å²) in [5.41, 5.74) is 0. The number of aromatic hydroxyl groups is 1. The van der Waals surface area contributed by atoms with Crippen molar-refractivity contribution in [2.75, 3.05) is 0 Å². The molecule has 4 heterocycles. The van der Waals surface area contributed by atoms with E-state index in [-0.39, 0.29) is 5.75 Å². The third-order valence-corrected chi connectivity index (χ3v) is 8.64. The molecule has 7 rings (SSSR count). The molecule has 0 unspecified atom stereocenters. The van der Waals surface area contributed by atoms with Crippen LogP contribution in [0.2, 0.25) is 0 Å². The average Bonchev–Trinajstić information content (AvgIpc) is 3.10. The van der Waals surface area contributed by atoms with Gasteiger partial charge in [0.25, 0.3) is 0 Å². The van der Waals surface area contributed by atoms with Crippen LogP contribution in [0.4, 0.5) is 0 Å². The molecule has 0 spiro atoms. The molecule has 13 heteroatoms. The molecule has 1 N–H and O–H groups in total. The molecule has 0 aliphatic heterocycles. The Morgan fingerprint density at radius 1 is 0.426 bits per heavy atom. The smallest absolute Gasteiger partial charge is 0.506 e. The number of benzene rings is 3. The molecule has 4 aromatic heterocycles. The van der Waals surface area contributed by atoms with Gasteiger partial charge in [-0.05, 0) is 77.5 Å². The summed E-state index contributed by atoms with van der Waals surface area (Å²) < 4.78 is 37.0. The molecule has 0 radical (unpaired) electrons. The first-order valence-corrected chi connectivity index (χ1v) is 16.3. The highest BCUT2D eigenvalue weighted by Crippen LogP contribution is 2.50. The molecule has 0 bridgehead atoms. The lowest BCUT2D eigenvalue weighted by Gasteiger charge is -2.20. The second kappa shape index (κ2) is 14.1. The minimum atomic E-state index is -2.07. The Hall–Kier alpha value is -5.76. The fourth-order valence-electron chi connectivity index (χ4n) is 4.51. The molecule has 0 aliphatic rings. The molecule has 0 saturated heterocycles. The number of phenols is 1. The molecule has 3 aromatic carbocycles. The maximum atomic E-state index is 11.9. The average molecular weight is 663 g/mol. The summed E-state index contributed by atoms with van der Waals surface area (Å²) in [5, 5.41) is 14.2. The van der Waals surface area contributed by atoms with Gasteiger partial charge in [-0.2, -0.15) is 0 Å². The van der Waals surface area contributed by atoms with Gasteiger partial charge in [-0.15, -0.1) is 0 Å². The summed E-state index contributed by atoms with van der Waals surface area (Å²) in [6.07, 6.45) is 12.8. The van der Waals surface area contributed by atoms with Crippen LogP contribution < -0.4 is 27.1 Å². The van der Waals surface area contributed by atoms with Crippen LogP contribution in [0.1, 0.15) is 0 Å². The SMILES string of the molecule is Oc1c2c(OP(Oc3cccnc3)Oc3cccnc3)cccc2cc2cccc(OP(Oc3cccnc3)Oc3cccnc3)c12. The first-order chi connectivity index (χ1) is 23.2. The molecule has 7 aromatic rings. The van der Waals surface area contributed by atoms with Crippen LogP contribution in [0, 0.1) is 0 Å². The summed E-state index contributed by atoms with van der Waals surface area (Å²) in [6, 6.07) is 26.8. The van der Waals surface area contributed by atoms with Gasteiger partial charge >= 0.3 is 17.2 Å². The van der Waals surface area contributed by atoms with Crippen molar-refractivity contribution in [1.29, 1.82) is 0 Å². The third-order valence-electron chi connectivity index (χ3n) is 6.50. The Bertz CT molecular complexity index is 1850. The maximum absolute atomic E-state index is 11.9. The van der Waals surface area contributed by atoms with E-state index < -0.39 is 17.2 Å². The Morgan fingerprint density at radius 2 is 0.787 bits per heavy atom. The van der Waals surface area contributed by atoms with E-state index in [9.17, 15) is 5.11 Å². The predicted octanol–water partition coefficient (Wildman–Crippen LogP) is 8.81. The van der Waals surface area contributed by atoms with Crippen molar-refractivity contribution in [3.8, 4) is 40.2 Å². The lowest BCUT2D eigenvalue weighted by molar-refractivity contribution is 0.388. The van der Waals surface area contributed by atoms with Crippen LogP contribution in [0.5, 0.6) is 40.2 Å².